The summed E-state index contributed by atoms with van der Waals surface area (Å²) >= 11 is 0. The number of benzene rings is 2. The number of carbonyl (C=O) groups excluding carboxylic acids is 2. The molecule has 0 spiro atoms. The summed E-state index contributed by atoms with van der Waals surface area (Å²) < 4.78 is 0. The zero-order chi connectivity index (χ0) is 16.6. The number of amides is 2. The molecule has 1 heterocycles. The summed E-state index contributed by atoms with van der Waals surface area (Å²) in [6, 6.07) is 15.7. The van der Waals surface area contributed by atoms with Gasteiger partial charge in [-0.25, -0.2) is 0 Å². The van der Waals surface area contributed by atoms with E-state index in [4.69, 9.17) is 0 Å². The smallest absolute Gasteiger partial charge is 0.238 e. The van der Waals surface area contributed by atoms with Gasteiger partial charge in [0.2, 0.25) is 11.8 Å². The highest BCUT2D eigenvalue weighted by Gasteiger charge is 2.45. The van der Waals surface area contributed by atoms with Gasteiger partial charge in [0.05, 0.1) is 11.6 Å². The average Bonchev–Trinajstić information content (AvgIpc) is 2.74. The standard InChI is InChI=1S/C20H21NO2/c1-13-4-8-16(9-5-13)12-18-15(3)19(22)21(20(18)23)17-10-6-14(2)7-11-17/h4-11,15,18H,12H2,1-3H3/t15-,18-/m0/s1. The van der Waals surface area contributed by atoms with Crippen LogP contribution in [-0.4, -0.2) is 11.8 Å². The Morgan fingerprint density at radius 2 is 1.35 bits per heavy atom. The highest BCUT2D eigenvalue weighted by molar-refractivity contribution is 6.21. The first-order chi connectivity index (χ1) is 11.0. The molecule has 0 aliphatic carbocycles. The summed E-state index contributed by atoms with van der Waals surface area (Å²) in [5.74, 6) is -0.764. The van der Waals surface area contributed by atoms with Crippen molar-refractivity contribution in [3.05, 3.63) is 65.2 Å². The van der Waals surface area contributed by atoms with Gasteiger partial charge in [-0.3, -0.25) is 14.5 Å². The van der Waals surface area contributed by atoms with Crippen molar-refractivity contribution in [2.75, 3.05) is 4.90 Å². The Morgan fingerprint density at radius 1 is 0.826 bits per heavy atom. The summed E-state index contributed by atoms with van der Waals surface area (Å²) in [4.78, 5) is 26.7. The Labute approximate surface area is 136 Å². The maximum atomic E-state index is 12.8. The zero-order valence-corrected chi connectivity index (χ0v) is 13.7. The van der Waals surface area contributed by atoms with Crippen molar-refractivity contribution in [3.63, 3.8) is 0 Å². The molecule has 0 aromatic heterocycles. The first kappa shape index (κ1) is 15.5. The Kier molecular flexibility index (Phi) is 4.03. The van der Waals surface area contributed by atoms with Gasteiger partial charge in [0.15, 0.2) is 0 Å². The molecule has 0 radical (unpaired) electrons. The number of imide groups is 1. The number of anilines is 1. The quantitative estimate of drug-likeness (QED) is 0.811. The molecule has 0 bridgehead atoms. The molecule has 2 aromatic rings. The third-order valence-electron chi connectivity index (χ3n) is 4.62. The molecule has 2 amide bonds. The molecule has 3 rings (SSSR count). The highest BCUT2D eigenvalue weighted by Crippen LogP contribution is 2.33. The first-order valence-corrected chi connectivity index (χ1v) is 7.97. The van der Waals surface area contributed by atoms with Crippen molar-refractivity contribution in [2.45, 2.75) is 27.2 Å². The molecule has 3 heteroatoms. The van der Waals surface area contributed by atoms with Crippen LogP contribution in [0.4, 0.5) is 5.69 Å². The minimum absolute atomic E-state index is 0.0908. The van der Waals surface area contributed by atoms with Crippen LogP contribution in [0.15, 0.2) is 48.5 Å². The zero-order valence-electron chi connectivity index (χ0n) is 13.7. The predicted octanol–water partition coefficient (Wildman–Crippen LogP) is 3.67. The van der Waals surface area contributed by atoms with Gasteiger partial charge in [-0.15, -0.1) is 0 Å². The summed E-state index contributed by atoms with van der Waals surface area (Å²) in [5, 5.41) is 0. The Balaban J connectivity index is 1.85. The molecule has 3 nitrogen and oxygen atoms in total. The third kappa shape index (κ3) is 2.91. The van der Waals surface area contributed by atoms with Crippen molar-refractivity contribution in [3.8, 4) is 0 Å². The van der Waals surface area contributed by atoms with Crippen LogP contribution in [0, 0.1) is 25.7 Å². The van der Waals surface area contributed by atoms with E-state index in [2.05, 4.69) is 0 Å². The molecule has 0 unspecified atom stereocenters. The van der Waals surface area contributed by atoms with E-state index in [-0.39, 0.29) is 23.7 Å². The van der Waals surface area contributed by atoms with Gasteiger partial charge >= 0.3 is 0 Å². The van der Waals surface area contributed by atoms with Crippen LogP contribution in [-0.2, 0) is 16.0 Å². The van der Waals surface area contributed by atoms with Crippen LogP contribution in [0.2, 0.25) is 0 Å². The SMILES string of the molecule is Cc1ccc(C[C@@H]2C(=O)N(c3ccc(C)cc3)C(=O)[C@H]2C)cc1. The molecule has 2 aromatic carbocycles. The minimum atomic E-state index is -0.287. The highest BCUT2D eigenvalue weighted by atomic mass is 16.2. The summed E-state index contributed by atoms with van der Waals surface area (Å²) in [6.45, 7) is 5.88. The van der Waals surface area contributed by atoms with E-state index in [0.717, 1.165) is 11.1 Å². The fourth-order valence-corrected chi connectivity index (χ4v) is 3.05. The van der Waals surface area contributed by atoms with Crippen molar-refractivity contribution in [2.24, 2.45) is 11.8 Å². The lowest BCUT2D eigenvalue weighted by molar-refractivity contribution is -0.122. The van der Waals surface area contributed by atoms with Crippen molar-refractivity contribution < 1.29 is 9.59 Å². The van der Waals surface area contributed by atoms with E-state index < -0.39 is 0 Å². The van der Waals surface area contributed by atoms with Crippen LogP contribution < -0.4 is 4.90 Å². The maximum Gasteiger partial charge on any atom is 0.238 e. The Morgan fingerprint density at radius 3 is 1.91 bits per heavy atom. The first-order valence-electron chi connectivity index (χ1n) is 7.97. The monoisotopic (exact) mass is 307 g/mol. The van der Waals surface area contributed by atoms with Gasteiger partial charge in [-0.2, -0.15) is 0 Å². The molecule has 1 aliphatic rings. The van der Waals surface area contributed by atoms with E-state index >= 15 is 0 Å². The second-order valence-corrected chi connectivity index (χ2v) is 6.43. The normalized spacial score (nSPS) is 21.1. The number of rotatable bonds is 3. The van der Waals surface area contributed by atoms with Gasteiger partial charge in [-0.05, 0) is 38.0 Å². The number of carbonyl (C=O) groups is 2. The van der Waals surface area contributed by atoms with Gasteiger partial charge in [0, 0.05) is 5.92 Å². The predicted molar refractivity (Wildman–Crippen MR) is 91.2 cm³/mol. The summed E-state index contributed by atoms with van der Waals surface area (Å²) in [7, 11) is 0. The van der Waals surface area contributed by atoms with Crippen LogP contribution in [0.25, 0.3) is 0 Å². The van der Waals surface area contributed by atoms with Crippen LogP contribution in [0.5, 0.6) is 0 Å². The van der Waals surface area contributed by atoms with Gasteiger partial charge in [0.1, 0.15) is 0 Å². The molecule has 118 valence electrons. The number of hydrogen-bond donors (Lipinski definition) is 0. The number of aryl methyl sites for hydroxylation is 2. The Hall–Kier alpha value is -2.42. The molecule has 2 atom stereocenters. The molecule has 1 fully saturated rings. The largest absolute Gasteiger partial charge is 0.274 e. The van der Waals surface area contributed by atoms with Crippen LogP contribution in [0.3, 0.4) is 0 Å². The fourth-order valence-electron chi connectivity index (χ4n) is 3.05. The number of hydrogen-bond acceptors (Lipinski definition) is 2. The lowest BCUT2D eigenvalue weighted by Gasteiger charge is -2.15. The van der Waals surface area contributed by atoms with Crippen molar-refractivity contribution in [1.82, 2.24) is 0 Å². The topological polar surface area (TPSA) is 37.4 Å². The molecule has 0 saturated carbocycles. The molecular formula is C20H21NO2. The molecule has 1 aliphatic heterocycles. The lowest BCUT2D eigenvalue weighted by atomic mass is 9.90. The van der Waals surface area contributed by atoms with E-state index in [0.29, 0.717) is 12.1 Å². The van der Waals surface area contributed by atoms with Gasteiger partial charge < -0.3 is 0 Å². The van der Waals surface area contributed by atoms with Gasteiger partial charge in [0.25, 0.3) is 0 Å². The van der Waals surface area contributed by atoms with E-state index in [1.165, 1.54) is 10.5 Å². The summed E-state index contributed by atoms with van der Waals surface area (Å²) in [6.07, 6.45) is 0.606. The van der Waals surface area contributed by atoms with Crippen LogP contribution in [0.1, 0.15) is 23.6 Å². The van der Waals surface area contributed by atoms with Crippen LogP contribution >= 0.6 is 0 Å². The summed E-state index contributed by atoms with van der Waals surface area (Å²) in [5.41, 5.74) is 4.07. The fraction of sp³-hybridized carbons (Fsp3) is 0.300. The molecule has 0 N–H and O–H groups in total. The Bertz CT molecular complexity index is 731. The van der Waals surface area contributed by atoms with E-state index in [1.807, 2.05) is 69.3 Å². The van der Waals surface area contributed by atoms with E-state index in [9.17, 15) is 9.59 Å². The van der Waals surface area contributed by atoms with Crippen molar-refractivity contribution in [1.29, 1.82) is 0 Å². The maximum absolute atomic E-state index is 12.8. The second-order valence-electron chi connectivity index (χ2n) is 6.43. The molecular weight excluding hydrogens is 286 g/mol. The van der Waals surface area contributed by atoms with Crippen molar-refractivity contribution >= 4 is 17.5 Å². The lowest BCUT2D eigenvalue weighted by Crippen LogP contribution is -2.31. The third-order valence-corrected chi connectivity index (χ3v) is 4.62. The minimum Gasteiger partial charge on any atom is -0.274 e. The molecule has 23 heavy (non-hydrogen) atoms. The second kappa shape index (κ2) is 5.99. The number of nitrogens with zero attached hydrogens (tertiary/aromatic N) is 1. The molecule has 1 saturated heterocycles. The van der Waals surface area contributed by atoms with Gasteiger partial charge in [-0.1, -0.05) is 54.4 Å². The average molecular weight is 307 g/mol. The van der Waals surface area contributed by atoms with E-state index in [1.54, 1.807) is 0 Å².